The van der Waals surface area contributed by atoms with Crippen LogP contribution in [-0.2, 0) is 0 Å². The van der Waals surface area contributed by atoms with Crippen LogP contribution in [0.1, 0.15) is 16.8 Å². The average Bonchev–Trinajstić information content (AvgIpc) is 2.45. The van der Waals surface area contributed by atoms with Crippen molar-refractivity contribution in [3.05, 3.63) is 54.1 Å². The van der Waals surface area contributed by atoms with Gasteiger partial charge in [0.15, 0.2) is 5.78 Å². The third-order valence-electron chi connectivity index (χ3n) is 3.06. The van der Waals surface area contributed by atoms with E-state index in [-0.39, 0.29) is 5.78 Å². The Morgan fingerprint density at radius 2 is 1.94 bits per heavy atom. The Labute approximate surface area is 99.2 Å². The van der Waals surface area contributed by atoms with Crippen molar-refractivity contribution in [1.29, 1.82) is 0 Å². The number of ketones is 1. The van der Waals surface area contributed by atoms with E-state index in [1.165, 1.54) is 0 Å². The van der Waals surface area contributed by atoms with Gasteiger partial charge in [0, 0.05) is 28.0 Å². The molecule has 1 aliphatic heterocycles. The van der Waals surface area contributed by atoms with Gasteiger partial charge in [0.05, 0.1) is 0 Å². The second-order valence-corrected chi connectivity index (χ2v) is 5.36. The molecule has 2 atom stereocenters. The number of allylic oxidation sites excluding steroid dienone is 3. The Balaban J connectivity index is 2.04. The number of rotatable bonds is 0. The number of hydrogen-bond acceptors (Lipinski definition) is 2. The molecule has 16 heavy (non-hydrogen) atoms. The van der Waals surface area contributed by atoms with Crippen molar-refractivity contribution in [3.8, 4) is 0 Å². The van der Waals surface area contributed by atoms with Crippen LogP contribution in [0.15, 0.2) is 53.5 Å². The first kappa shape index (κ1) is 9.91. The lowest BCUT2D eigenvalue weighted by Gasteiger charge is -2.19. The monoisotopic (exact) mass is 228 g/mol. The van der Waals surface area contributed by atoms with Gasteiger partial charge < -0.3 is 0 Å². The van der Waals surface area contributed by atoms with E-state index in [2.05, 4.69) is 18.2 Å². The van der Waals surface area contributed by atoms with Gasteiger partial charge in [-0.25, -0.2) is 0 Å². The highest BCUT2D eigenvalue weighted by atomic mass is 32.2. The van der Waals surface area contributed by atoms with Crippen molar-refractivity contribution >= 4 is 17.5 Å². The molecule has 0 aromatic heterocycles. The molecular formula is C14H12OS. The smallest absolute Gasteiger partial charge is 0.164 e. The Morgan fingerprint density at radius 3 is 2.88 bits per heavy atom. The molecule has 0 spiro atoms. The van der Waals surface area contributed by atoms with Gasteiger partial charge >= 0.3 is 0 Å². The van der Waals surface area contributed by atoms with Gasteiger partial charge in [-0.3, -0.25) is 4.79 Å². The van der Waals surface area contributed by atoms with Gasteiger partial charge in [0.1, 0.15) is 0 Å². The summed E-state index contributed by atoms with van der Waals surface area (Å²) in [5.41, 5.74) is 0.892. The molecule has 0 radical (unpaired) electrons. The molecular weight excluding hydrogens is 216 g/mol. The summed E-state index contributed by atoms with van der Waals surface area (Å²) >= 11 is 1.81. The van der Waals surface area contributed by atoms with Gasteiger partial charge in [-0.2, -0.15) is 0 Å². The molecule has 3 rings (SSSR count). The van der Waals surface area contributed by atoms with Crippen LogP contribution in [0.2, 0.25) is 0 Å². The molecule has 0 N–H and O–H groups in total. The van der Waals surface area contributed by atoms with Crippen LogP contribution in [0, 0.1) is 5.92 Å². The van der Waals surface area contributed by atoms with E-state index in [1.54, 1.807) is 11.8 Å². The van der Waals surface area contributed by atoms with Gasteiger partial charge in [-0.05, 0) is 6.07 Å². The minimum Gasteiger partial charge on any atom is -0.294 e. The van der Waals surface area contributed by atoms with Gasteiger partial charge in [0.2, 0.25) is 0 Å². The highest BCUT2D eigenvalue weighted by molar-refractivity contribution is 8.00. The summed E-state index contributed by atoms with van der Waals surface area (Å²) in [6.07, 6.45) is 9.11. The second-order valence-electron chi connectivity index (χ2n) is 4.14. The normalized spacial score (nSPS) is 27.1. The zero-order valence-corrected chi connectivity index (χ0v) is 9.61. The lowest BCUT2D eigenvalue weighted by atomic mass is 9.92. The molecule has 80 valence electrons. The average molecular weight is 228 g/mol. The van der Waals surface area contributed by atoms with Crippen LogP contribution in [-0.4, -0.2) is 11.0 Å². The second kappa shape index (κ2) is 3.95. The van der Waals surface area contributed by atoms with Crippen LogP contribution in [0.5, 0.6) is 0 Å². The van der Waals surface area contributed by atoms with Crippen molar-refractivity contribution in [2.24, 2.45) is 5.92 Å². The third-order valence-corrected chi connectivity index (χ3v) is 4.45. The molecule has 0 bridgehead atoms. The van der Waals surface area contributed by atoms with E-state index in [1.807, 2.05) is 30.3 Å². The zero-order valence-electron chi connectivity index (χ0n) is 8.80. The van der Waals surface area contributed by atoms with Crippen molar-refractivity contribution in [2.75, 3.05) is 0 Å². The Morgan fingerprint density at radius 1 is 1.12 bits per heavy atom. The Kier molecular flexibility index (Phi) is 2.44. The summed E-state index contributed by atoms with van der Waals surface area (Å²) in [7, 11) is 0. The predicted molar refractivity (Wildman–Crippen MR) is 66.8 cm³/mol. The Hall–Kier alpha value is -1.28. The first-order valence-electron chi connectivity index (χ1n) is 5.48. The molecule has 1 heterocycles. The van der Waals surface area contributed by atoms with E-state index >= 15 is 0 Å². The fourth-order valence-electron chi connectivity index (χ4n) is 2.21. The first-order chi connectivity index (χ1) is 7.84. The lowest BCUT2D eigenvalue weighted by Crippen LogP contribution is -2.15. The Bertz CT molecular complexity index is 487. The maximum atomic E-state index is 12.1. The molecule has 1 aliphatic carbocycles. The van der Waals surface area contributed by atoms with Crippen LogP contribution < -0.4 is 0 Å². The largest absolute Gasteiger partial charge is 0.294 e. The van der Waals surface area contributed by atoms with E-state index in [4.69, 9.17) is 0 Å². The summed E-state index contributed by atoms with van der Waals surface area (Å²) in [6, 6.07) is 7.93. The third kappa shape index (κ3) is 1.63. The quantitative estimate of drug-likeness (QED) is 0.676. The van der Waals surface area contributed by atoms with Crippen molar-refractivity contribution in [2.45, 2.75) is 16.6 Å². The molecule has 1 aromatic rings. The minimum atomic E-state index is 0.274. The summed E-state index contributed by atoms with van der Waals surface area (Å²) in [6.45, 7) is 0. The molecule has 0 saturated heterocycles. The van der Waals surface area contributed by atoms with Crippen LogP contribution in [0.25, 0.3) is 0 Å². The number of benzene rings is 1. The highest BCUT2D eigenvalue weighted by Gasteiger charge is 2.28. The number of carbonyl (C=O) groups excluding carboxylic acids is 1. The van der Waals surface area contributed by atoms with E-state index < -0.39 is 0 Å². The van der Waals surface area contributed by atoms with E-state index in [9.17, 15) is 4.79 Å². The molecule has 0 fully saturated rings. The van der Waals surface area contributed by atoms with Gasteiger partial charge in [-0.15, -0.1) is 11.8 Å². The zero-order chi connectivity index (χ0) is 11.0. The molecule has 2 unspecified atom stereocenters. The van der Waals surface area contributed by atoms with Crippen molar-refractivity contribution < 1.29 is 4.79 Å². The van der Waals surface area contributed by atoms with Crippen LogP contribution >= 0.6 is 11.8 Å². The summed E-state index contributed by atoms with van der Waals surface area (Å²) in [5.74, 6) is 0.630. The molecule has 1 aromatic carbocycles. The number of Topliss-reactive ketones (excluding diaryl/α,β-unsaturated/α-hetero) is 1. The predicted octanol–water partition coefficient (Wildman–Crippen LogP) is 3.48. The molecule has 2 heteroatoms. The number of thioether (sulfide) groups is 1. The molecule has 0 amide bonds. The van der Waals surface area contributed by atoms with E-state index in [0.29, 0.717) is 17.6 Å². The maximum absolute atomic E-state index is 12.1. The summed E-state index contributed by atoms with van der Waals surface area (Å²) < 4.78 is 0. The SMILES string of the molecule is O=C1CC2C=CC=CC2Sc2ccccc21. The first-order valence-corrected chi connectivity index (χ1v) is 6.36. The van der Waals surface area contributed by atoms with Gasteiger partial charge in [0.25, 0.3) is 0 Å². The molecule has 0 saturated carbocycles. The number of fused-ring (bicyclic) bond motifs is 2. The fourth-order valence-corrected chi connectivity index (χ4v) is 3.50. The van der Waals surface area contributed by atoms with Crippen molar-refractivity contribution in [1.82, 2.24) is 0 Å². The standard InChI is InChI=1S/C14H12OS/c15-12-9-10-5-1-3-7-13(10)16-14-8-4-2-6-11(12)14/h1-8,10,13H,9H2. The number of carbonyl (C=O) groups is 1. The topological polar surface area (TPSA) is 17.1 Å². The molecule has 2 aliphatic rings. The highest BCUT2D eigenvalue weighted by Crippen LogP contribution is 2.39. The summed E-state index contributed by atoms with van der Waals surface area (Å²) in [5, 5.41) is 0.414. The number of hydrogen-bond donors (Lipinski definition) is 0. The molecule has 1 nitrogen and oxygen atoms in total. The van der Waals surface area contributed by atoms with Crippen LogP contribution in [0.3, 0.4) is 0 Å². The van der Waals surface area contributed by atoms with Crippen LogP contribution in [0.4, 0.5) is 0 Å². The van der Waals surface area contributed by atoms with Crippen molar-refractivity contribution in [3.63, 3.8) is 0 Å². The van der Waals surface area contributed by atoms with Gasteiger partial charge in [-0.1, -0.05) is 42.5 Å². The minimum absolute atomic E-state index is 0.274. The fraction of sp³-hybridized carbons (Fsp3) is 0.214. The maximum Gasteiger partial charge on any atom is 0.164 e. The summed E-state index contributed by atoms with van der Waals surface area (Å²) in [4.78, 5) is 13.2. The van der Waals surface area contributed by atoms with E-state index in [0.717, 1.165) is 10.5 Å². The lowest BCUT2D eigenvalue weighted by molar-refractivity contribution is 0.0969.